The summed E-state index contributed by atoms with van der Waals surface area (Å²) in [5.74, 6) is -0.400. The Balaban J connectivity index is 0.00000192. The van der Waals surface area contributed by atoms with Gasteiger partial charge >= 0.3 is 6.18 Å². The second-order valence-electron chi connectivity index (χ2n) is 6.15. The number of hydrogen-bond acceptors (Lipinski definition) is 2. The van der Waals surface area contributed by atoms with Crippen molar-refractivity contribution in [3.05, 3.63) is 35.1 Å². The average molecular weight is 353 g/mol. The molecule has 0 unspecified atom stereocenters. The van der Waals surface area contributed by atoms with Gasteiger partial charge in [0.15, 0.2) is 0 Å². The maximum atomic E-state index is 13.7. The van der Waals surface area contributed by atoms with E-state index >= 15 is 0 Å². The maximum absolute atomic E-state index is 13.7. The molecule has 1 atom stereocenters. The van der Waals surface area contributed by atoms with Crippen molar-refractivity contribution in [3.8, 4) is 0 Å². The van der Waals surface area contributed by atoms with Crippen molar-refractivity contribution in [2.45, 2.75) is 31.5 Å². The molecule has 2 nitrogen and oxygen atoms in total. The highest BCUT2D eigenvalue weighted by Crippen LogP contribution is 2.45. The van der Waals surface area contributed by atoms with Crippen molar-refractivity contribution in [1.29, 1.82) is 0 Å². The highest BCUT2D eigenvalue weighted by Gasteiger charge is 2.41. The number of halogens is 5. The zero-order valence-corrected chi connectivity index (χ0v) is 13.5. The molecule has 7 heteroatoms. The molecule has 0 spiro atoms. The molecule has 1 heterocycles. The molecular weight excluding hydrogens is 332 g/mol. The lowest BCUT2D eigenvalue weighted by Crippen LogP contribution is -2.48. The van der Waals surface area contributed by atoms with Crippen LogP contribution in [0.5, 0.6) is 0 Å². The molecule has 1 saturated carbocycles. The molecule has 0 bridgehead atoms. The monoisotopic (exact) mass is 352 g/mol. The Morgan fingerprint density at radius 2 is 1.78 bits per heavy atom. The third-order valence-electron chi connectivity index (χ3n) is 4.78. The van der Waals surface area contributed by atoms with Gasteiger partial charge in [-0.15, -0.1) is 12.4 Å². The van der Waals surface area contributed by atoms with E-state index in [2.05, 4.69) is 10.2 Å². The lowest BCUT2D eigenvalue weighted by Gasteiger charge is -2.44. The zero-order chi connectivity index (χ0) is 15.7. The summed E-state index contributed by atoms with van der Waals surface area (Å²) in [4.78, 5) is 2.09. The summed E-state index contributed by atoms with van der Waals surface area (Å²) < 4.78 is 53.7. The quantitative estimate of drug-likeness (QED) is 0.827. The van der Waals surface area contributed by atoms with Crippen molar-refractivity contribution < 1.29 is 17.6 Å². The minimum absolute atomic E-state index is 0. The van der Waals surface area contributed by atoms with E-state index < -0.39 is 17.6 Å². The molecule has 1 aliphatic heterocycles. The van der Waals surface area contributed by atoms with Crippen molar-refractivity contribution in [3.63, 3.8) is 0 Å². The predicted octanol–water partition coefficient (Wildman–Crippen LogP) is 4.01. The SMILES string of the molecule is Cl.Fc1ccc(C(F)(F)F)c([C@H](C2CCC2)N2CCNCC2)c1. The second-order valence-corrected chi connectivity index (χ2v) is 6.15. The first-order valence-corrected chi connectivity index (χ1v) is 7.78. The van der Waals surface area contributed by atoms with Crippen LogP contribution < -0.4 is 5.32 Å². The van der Waals surface area contributed by atoms with Crippen LogP contribution in [0, 0.1) is 11.7 Å². The van der Waals surface area contributed by atoms with E-state index in [0.29, 0.717) is 13.1 Å². The van der Waals surface area contributed by atoms with Gasteiger partial charge in [-0.3, -0.25) is 4.90 Å². The molecule has 23 heavy (non-hydrogen) atoms. The van der Waals surface area contributed by atoms with E-state index in [1.54, 1.807) is 0 Å². The lowest BCUT2D eigenvalue weighted by atomic mass is 9.75. The Hall–Kier alpha value is -0.850. The molecule has 130 valence electrons. The van der Waals surface area contributed by atoms with Crippen molar-refractivity contribution in [2.24, 2.45) is 5.92 Å². The molecule has 0 amide bonds. The molecule has 1 saturated heterocycles. The molecule has 2 aliphatic rings. The van der Waals surface area contributed by atoms with Gasteiger partial charge in [-0.25, -0.2) is 4.39 Å². The lowest BCUT2D eigenvalue weighted by molar-refractivity contribution is -0.139. The van der Waals surface area contributed by atoms with E-state index in [1.165, 1.54) is 0 Å². The van der Waals surface area contributed by atoms with Gasteiger partial charge in [-0.1, -0.05) is 6.42 Å². The van der Waals surface area contributed by atoms with Gasteiger partial charge in [0.25, 0.3) is 0 Å². The molecular formula is C16H21ClF4N2. The summed E-state index contributed by atoms with van der Waals surface area (Å²) in [5, 5.41) is 3.21. The first-order valence-electron chi connectivity index (χ1n) is 7.78. The summed E-state index contributed by atoms with van der Waals surface area (Å²) >= 11 is 0. The Kier molecular flexibility index (Phi) is 5.92. The Morgan fingerprint density at radius 1 is 1.13 bits per heavy atom. The van der Waals surface area contributed by atoms with E-state index in [4.69, 9.17) is 0 Å². The van der Waals surface area contributed by atoms with Crippen LogP contribution in [0.2, 0.25) is 0 Å². The number of rotatable bonds is 3. The van der Waals surface area contributed by atoms with Crippen molar-refractivity contribution in [1.82, 2.24) is 10.2 Å². The number of nitrogens with zero attached hydrogens (tertiary/aromatic N) is 1. The van der Waals surface area contributed by atoms with Crippen LogP contribution in [0.3, 0.4) is 0 Å². The molecule has 1 aliphatic carbocycles. The van der Waals surface area contributed by atoms with Crippen LogP contribution in [0.15, 0.2) is 18.2 Å². The number of hydrogen-bond donors (Lipinski definition) is 1. The number of piperazine rings is 1. The molecule has 2 fully saturated rings. The Labute approximate surface area is 139 Å². The van der Waals surface area contributed by atoms with Crippen LogP contribution in [0.25, 0.3) is 0 Å². The van der Waals surface area contributed by atoms with Crippen molar-refractivity contribution >= 4 is 12.4 Å². The van der Waals surface area contributed by atoms with Gasteiger partial charge in [0.05, 0.1) is 5.56 Å². The minimum Gasteiger partial charge on any atom is -0.314 e. The fourth-order valence-electron chi connectivity index (χ4n) is 3.50. The van der Waals surface area contributed by atoms with Gasteiger partial charge in [-0.2, -0.15) is 13.2 Å². The normalized spacial score (nSPS) is 21.4. The average Bonchev–Trinajstić information content (AvgIpc) is 2.42. The van der Waals surface area contributed by atoms with Gasteiger partial charge < -0.3 is 5.32 Å². The van der Waals surface area contributed by atoms with E-state index in [-0.39, 0.29) is 29.9 Å². The van der Waals surface area contributed by atoms with Gasteiger partial charge in [-0.05, 0) is 42.5 Å². The summed E-state index contributed by atoms with van der Waals surface area (Å²) in [7, 11) is 0. The second kappa shape index (κ2) is 7.36. The fourth-order valence-corrected chi connectivity index (χ4v) is 3.50. The van der Waals surface area contributed by atoms with Gasteiger partial charge in [0.2, 0.25) is 0 Å². The highest BCUT2D eigenvalue weighted by molar-refractivity contribution is 5.85. The number of alkyl halides is 3. The molecule has 1 aromatic rings. The maximum Gasteiger partial charge on any atom is 0.416 e. The topological polar surface area (TPSA) is 15.3 Å². The van der Waals surface area contributed by atoms with Crippen LogP contribution >= 0.6 is 12.4 Å². The number of nitrogens with one attached hydrogen (secondary N) is 1. The molecule has 3 rings (SSSR count). The highest BCUT2D eigenvalue weighted by atomic mass is 35.5. The minimum atomic E-state index is -4.45. The zero-order valence-electron chi connectivity index (χ0n) is 12.7. The summed E-state index contributed by atoms with van der Waals surface area (Å²) in [5.41, 5.74) is -0.580. The fraction of sp³-hybridized carbons (Fsp3) is 0.625. The van der Waals surface area contributed by atoms with Crippen LogP contribution in [-0.2, 0) is 6.18 Å². The number of benzene rings is 1. The molecule has 1 N–H and O–H groups in total. The van der Waals surface area contributed by atoms with E-state index in [0.717, 1.165) is 50.6 Å². The molecule has 0 radical (unpaired) electrons. The third-order valence-corrected chi connectivity index (χ3v) is 4.78. The summed E-state index contributed by atoms with van der Waals surface area (Å²) in [6.07, 6.45) is -1.56. The summed E-state index contributed by atoms with van der Waals surface area (Å²) in [6, 6.07) is 2.55. The van der Waals surface area contributed by atoms with Crippen LogP contribution in [-0.4, -0.2) is 31.1 Å². The Bertz CT molecular complexity index is 525. The van der Waals surface area contributed by atoms with Gasteiger partial charge in [0.1, 0.15) is 5.82 Å². The van der Waals surface area contributed by atoms with Crippen LogP contribution in [0.1, 0.15) is 36.4 Å². The largest absolute Gasteiger partial charge is 0.416 e. The van der Waals surface area contributed by atoms with E-state index in [9.17, 15) is 17.6 Å². The first-order chi connectivity index (χ1) is 10.5. The van der Waals surface area contributed by atoms with Crippen molar-refractivity contribution in [2.75, 3.05) is 26.2 Å². The summed E-state index contributed by atoms with van der Waals surface area (Å²) in [6.45, 7) is 2.93. The van der Waals surface area contributed by atoms with Gasteiger partial charge in [0, 0.05) is 32.2 Å². The Morgan fingerprint density at radius 3 is 2.30 bits per heavy atom. The smallest absolute Gasteiger partial charge is 0.314 e. The molecule has 1 aromatic carbocycles. The van der Waals surface area contributed by atoms with E-state index in [1.807, 2.05) is 0 Å². The first kappa shape index (κ1) is 18.5. The molecule has 0 aromatic heterocycles. The van der Waals surface area contributed by atoms with Crippen LogP contribution in [0.4, 0.5) is 17.6 Å². The standard InChI is InChI=1S/C16H20F4N2.ClH/c17-12-4-5-14(16(18,19)20)13(10-12)15(11-2-1-3-11)22-8-6-21-7-9-22;/h4-5,10-11,15,21H,1-3,6-9H2;1H/t15-;/m0./s1. The predicted molar refractivity (Wildman–Crippen MR) is 83.2 cm³/mol. The third kappa shape index (κ3) is 3.98.